The predicted molar refractivity (Wildman–Crippen MR) is 67.8 cm³/mol. The van der Waals surface area contributed by atoms with Gasteiger partial charge in [-0.3, -0.25) is 4.79 Å². The number of hydrogen-bond donors (Lipinski definition) is 1. The Balaban J connectivity index is 2.80. The first kappa shape index (κ1) is 12.6. The minimum atomic E-state index is 0.0806. The van der Waals surface area contributed by atoms with E-state index >= 15 is 0 Å². The molecule has 0 aliphatic carbocycles. The molecular formula is C13H20N2O. The van der Waals surface area contributed by atoms with Crippen molar-refractivity contribution in [3.05, 3.63) is 29.8 Å². The van der Waals surface area contributed by atoms with E-state index in [1.54, 1.807) is 4.90 Å². The second-order valence-corrected chi connectivity index (χ2v) is 4.00. The highest BCUT2D eigenvalue weighted by Gasteiger charge is 2.15. The fourth-order valence-electron chi connectivity index (χ4n) is 1.46. The number of nitrogens with one attached hydrogen (secondary N) is 1. The van der Waals surface area contributed by atoms with Crippen molar-refractivity contribution in [2.45, 2.75) is 26.3 Å². The molecule has 0 spiro atoms. The Morgan fingerprint density at radius 2 is 1.94 bits per heavy atom. The highest BCUT2D eigenvalue weighted by molar-refractivity contribution is 5.94. The Morgan fingerprint density at radius 3 is 2.38 bits per heavy atom. The standard InChI is InChI=1S/C13H20N2O/c1-5-10(2)15(4)13(16)11-6-8-12(14-3)9-7-11/h6-10,14H,5H2,1-4H3. The van der Waals surface area contributed by atoms with Gasteiger partial charge in [0.05, 0.1) is 0 Å². The van der Waals surface area contributed by atoms with E-state index in [2.05, 4.69) is 19.2 Å². The Kier molecular flexibility index (Phi) is 4.35. The third-order valence-electron chi connectivity index (χ3n) is 2.99. The fourth-order valence-corrected chi connectivity index (χ4v) is 1.46. The third-order valence-corrected chi connectivity index (χ3v) is 2.99. The molecule has 1 aromatic rings. The van der Waals surface area contributed by atoms with Gasteiger partial charge in [-0.15, -0.1) is 0 Å². The van der Waals surface area contributed by atoms with Crippen LogP contribution in [0.5, 0.6) is 0 Å². The highest BCUT2D eigenvalue weighted by Crippen LogP contribution is 2.12. The number of carbonyl (C=O) groups is 1. The first-order valence-electron chi connectivity index (χ1n) is 5.65. The summed E-state index contributed by atoms with van der Waals surface area (Å²) in [4.78, 5) is 13.8. The van der Waals surface area contributed by atoms with Crippen LogP contribution in [0.2, 0.25) is 0 Å². The molecule has 0 heterocycles. The van der Waals surface area contributed by atoms with Crippen LogP contribution in [0.3, 0.4) is 0 Å². The van der Waals surface area contributed by atoms with Gasteiger partial charge in [0.25, 0.3) is 5.91 Å². The molecule has 1 aromatic carbocycles. The maximum Gasteiger partial charge on any atom is 0.253 e. The lowest BCUT2D eigenvalue weighted by molar-refractivity contribution is 0.0740. The molecule has 0 bridgehead atoms. The molecule has 1 atom stereocenters. The second-order valence-electron chi connectivity index (χ2n) is 4.00. The van der Waals surface area contributed by atoms with Crippen LogP contribution in [0.1, 0.15) is 30.6 Å². The monoisotopic (exact) mass is 220 g/mol. The molecule has 88 valence electrons. The van der Waals surface area contributed by atoms with Crippen LogP contribution in [0.15, 0.2) is 24.3 Å². The van der Waals surface area contributed by atoms with E-state index in [-0.39, 0.29) is 11.9 Å². The molecule has 0 saturated carbocycles. The van der Waals surface area contributed by atoms with Gasteiger partial charge in [-0.05, 0) is 37.6 Å². The molecule has 1 unspecified atom stereocenters. The molecule has 0 aromatic heterocycles. The van der Waals surface area contributed by atoms with Crippen LogP contribution in [0.4, 0.5) is 5.69 Å². The summed E-state index contributed by atoms with van der Waals surface area (Å²) < 4.78 is 0. The maximum atomic E-state index is 12.1. The van der Waals surface area contributed by atoms with E-state index in [9.17, 15) is 4.79 Å². The summed E-state index contributed by atoms with van der Waals surface area (Å²) in [6, 6.07) is 7.81. The van der Waals surface area contributed by atoms with Crippen molar-refractivity contribution < 1.29 is 4.79 Å². The van der Waals surface area contributed by atoms with E-state index in [1.807, 2.05) is 38.4 Å². The first-order chi connectivity index (χ1) is 7.60. The molecule has 3 heteroatoms. The Hall–Kier alpha value is -1.51. The van der Waals surface area contributed by atoms with Crippen molar-refractivity contribution in [2.24, 2.45) is 0 Å². The van der Waals surface area contributed by atoms with Crippen molar-refractivity contribution in [2.75, 3.05) is 19.4 Å². The smallest absolute Gasteiger partial charge is 0.253 e. The van der Waals surface area contributed by atoms with Crippen LogP contribution in [-0.4, -0.2) is 30.9 Å². The number of nitrogens with zero attached hydrogens (tertiary/aromatic N) is 1. The van der Waals surface area contributed by atoms with Gasteiger partial charge in [-0.1, -0.05) is 6.92 Å². The molecule has 0 aliphatic heterocycles. The van der Waals surface area contributed by atoms with Crippen LogP contribution < -0.4 is 5.32 Å². The second kappa shape index (κ2) is 5.54. The number of hydrogen-bond acceptors (Lipinski definition) is 2. The van der Waals surface area contributed by atoms with Crippen LogP contribution in [0.25, 0.3) is 0 Å². The lowest BCUT2D eigenvalue weighted by atomic mass is 10.1. The summed E-state index contributed by atoms with van der Waals surface area (Å²) in [7, 11) is 3.71. The fraction of sp³-hybridized carbons (Fsp3) is 0.462. The van der Waals surface area contributed by atoms with E-state index in [4.69, 9.17) is 0 Å². The summed E-state index contributed by atoms with van der Waals surface area (Å²) in [5.41, 5.74) is 1.75. The first-order valence-corrected chi connectivity index (χ1v) is 5.65. The van der Waals surface area contributed by atoms with Gasteiger partial charge < -0.3 is 10.2 Å². The number of rotatable bonds is 4. The SMILES string of the molecule is CCC(C)N(C)C(=O)c1ccc(NC)cc1. The van der Waals surface area contributed by atoms with Crippen molar-refractivity contribution >= 4 is 11.6 Å². The van der Waals surface area contributed by atoms with Gasteiger partial charge in [0, 0.05) is 31.4 Å². The molecule has 3 nitrogen and oxygen atoms in total. The van der Waals surface area contributed by atoms with Crippen molar-refractivity contribution in [1.82, 2.24) is 4.90 Å². The van der Waals surface area contributed by atoms with Crippen LogP contribution in [0, 0.1) is 0 Å². The quantitative estimate of drug-likeness (QED) is 0.846. The normalized spacial score (nSPS) is 12.0. The summed E-state index contributed by atoms with van der Waals surface area (Å²) in [5, 5.41) is 3.03. The zero-order chi connectivity index (χ0) is 12.1. The minimum absolute atomic E-state index is 0.0806. The number of benzene rings is 1. The molecule has 1 N–H and O–H groups in total. The summed E-state index contributed by atoms with van der Waals surface area (Å²) in [6.45, 7) is 4.14. The average Bonchev–Trinajstić information content (AvgIpc) is 2.36. The minimum Gasteiger partial charge on any atom is -0.388 e. The summed E-state index contributed by atoms with van der Waals surface area (Å²) >= 11 is 0. The molecule has 16 heavy (non-hydrogen) atoms. The predicted octanol–water partition coefficient (Wildman–Crippen LogP) is 2.60. The van der Waals surface area contributed by atoms with Crippen molar-refractivity contribution in [3.63, 3.8) is 0 Å². The molecule has 0 saturated heterocycles. The summed E-state index contributed by atoms with van der Waals surface area (Å²) in [5.74, 6) is 0.0806. The average molecular weight is 220 g/mol. The van der Waals surface area contributed by atoms with Crippen molar-refractivity contribution in [1.29, 1.82) is 0 Å². The zero-order valence-corrected chi connectivity index (χ0v) is 10.4. The topological polar surface area (TPSA) is 32.3 Å². The van der Waals surface area contributed by atoms with Gasteiger partial charge in [0.15, 0.2) is 0 Å². The Bertz CT molecular complexity index is 345. The van der Waals surface area contributed by atoms with E-state index < -0.39 is 0 Å². The molecule has 0 radical (unpaired) electrons. The number of anilines is 1. The molecule has 0 aliphatic rings. The van der Waals surface area contributed by atoms with Gasteiger partial charge >= 0.3 is 0 Å². The van der Waals surface area contributed by atoms with Gasteiger partial charge in [-0.25, -0.2) is 0 Å². The van der Waals surface area contributed by atoms with E-state index in [1.165, 1.54) is 0 Å². The molecule has 1 rings (SSSR count). The van der Waals surface area contributed by atoms with Gasteiger partial charge in [-0.2, -0.15) is 0 Å². The van der Waals surface area contributed by atoms with Crippen LogP contribution >= 0.6 is 0 Å². The lowest BCUT2D eigenvalue weighted by Crippen LogP contribution is -2.34. The Labute approximate surface area is 97.5 Å². The summed E-state index contributed by atoms with van der Waals surface area (Å²) in [6.07, 6.45) is 0.969. The molecule has 1 amide bonds. The van der Waals surface area contributed by atoms with Gasteiger partial charge in [0.2, 0.25) is 0 Å². The largest absolute Gasteiger partial charge is 0.388 e. The van der Waals surface area contributed by atoms with E-state index in [0.717, 1.165) is 17.7 Å². The molecule has 0 fully saturated rings. The number of amides is 1. The zero-order valence-electron chi connectivity index (χ0n) is 10.4. The van der Waals surface area contributed by atoms with Gasteiger partial charge in [0.1, 0.15) is 0 Å². The van der Waals surface area contributed by atoms with Crippen LogP contribution in [-0.2, 0) is 0 Å². The third kappa shape index (κ3) is 2.75. The number of carbonyl (C=O) groups excluding carboxylic acids is 1. The van der Waals surface area contributed by atoms with E-state index in [0.29, 0.717) is 0 Å². The Morgan fingerprint density at radius 1 is 1.38 bits per heavy atom. The lowest BCUT2D eigenvalue weighted by Gasteiger charge is -2.23. The van der Waals surface area contributed by atoms with Crippen molar-refractivity contribution in [3.8, 4) is 0 Å². The highest BCUT2D eigenvalue weighted by atomic mass is 16.2. The maximum absolute atomic E-state index is 12.1. The molecular weight excluding hydrogens is 200 g/mol.